The molecule has 1 rings (SSSR count). The van der Waals surface area contributed by atoms with Gasteiger partial charge in [-0.2, -0.15) is 0 Å². The van der Waals surface area contributed by atoms with Gasteiger partial charge in [-0.1, -0.05) is 0 Å². The first-order valence-corrected chi connectivity index (χ1v) is 5.78. The molecule has 0 heterocycles. The summed E-state index contributed by atoms with van der Waals surface area (Å²) in [6.45, 7) is 5.05. The highest BCUT2D eigenvalue weighted by molar-refractivity contribution is 5.95. The van der Waals surface area contributed by atoms with Crippen molar-refractivity contribution in [2.24, 2.45) is 0 Å². The van der Waals surface area contributed by atoms with Crippen molar-refractivity contribution in [3.8, 4) is 11.5 Å². The Morgan fingerprint density at radius 2 is 1.75 bits per heavy atom. The number of hydrogen-bond acceptors (Lipinski definition) is 6. The second-order valence-corrected chi connectivity index (χ2v) is 5.00. The number of aromatic hydroxyl groups is 2. The van der Waals surface area contributed by atoms with Gasteiger partial charge in [-0.05, 0) is 20.8 Å². The van der Waals surface area contributed by atoms with E-state index >= 15 is 0 Å². The van der Waals surface area contributed by atoms with Gasteiger partial charge in [-0.15, -0.1) is 0 Å². The second kappa shape index (κ2) is 5.68. The van der Waals surface area contributed by atoms with Crippen LogP contribution in [0.2, 0.25) is 0 Å². The molecule has 110 valence electrons. The highest BCUT2D eigenvalue weighted by atomic mass is 16.6. The lowest BCUT2D eigenvalue weighted by molar-refractivity contribution is 0.0595. The average Bonchev–Trinajstić information content (AvgIpc) is 2.30. The van der Waals surface area contributed by atoms with E-state index < -0.39 is 29.2 Å². The molecule has 20 heavy (non-hydrogen) atoms. The summed E-state index contributed by atoms with van der Waals surface area (Å²) in [6, 6.07) is 2.03. The standard InChI is InChI=1S/C13H17NO6/c1-13(2,3)20-12(18)14-8-6-9(15)7(5-10(8)16)11(17)19-4/h5-6,15-16H,1-4H3,(H,14,18). The molecule has 1 amide bonds. The predicted octanol–water partition coefficient (Wildman–Crippen LogP) is 2.23. The van der Waals surface area contributed by atoms with Crippen LogP contribution in [0.5, 0.6) is 11.5 Å². The fourth-order valence-corrected chi connectivity index (χ4v) is 1.36. The molecule has 3 N–H and O–H groups in total. The summed E-state index contributed by atoms with van der Waals surface area (Å²) in [7, 11) is 1.14. The van der Waals surface area contributed by atoms with Gasteiger partial charge >= 0.3 is 12.1 Å². The summed E-state index contributed by atoms with van der Waals surface area (Å²) in [5, 5.41) is 21.6. The van der Waals surface area contributed by atoms with Gasteiger partial charge < -0.3 is 19.7 Å². The number of rotatable bonds is 2. The molecule has 0 aliphatic heterocycles. The summed E-state index contributed by atoms with van der Waals surface area (Å²) < 4.78 is 9.44. The first kappa shape index (κ1) is 15.6. The van der Waals surface area contributed by atoms with E-state index in [0.29, 0.717) is 0 Å². The maximum Gasteiger partial charge on any atom is 0.412 e. The van der Waals surface area contributed by atoms with E-state index in [4.69, 9.17) is 4.74 Å². The number of hydrogen-bond donors (Lipinski definition) is 3. The average molecular weight is 283 g/mol. The Balaban J connectivity index is 2.96. The molecule has 0 aromatic heterocycles. The lowest BCUT2D eigenvalue weighted by Gasteiger charge is -2.20. The molecule has 7 nitrogen and oxygen atoms in total. The van der Waals surface area contributed by atoms with Crippen molar-refractivity contribution in [1.29, 1.82) is 0 Å². The van der Waals surface area contributed by atoms with E-state index in [2.05, 4.69) is 10.1 Å². The van der Waals surface area contributed by atoms with Crippen LogP contribution in [0.1, 0.15) is 31.1 Å². The molecule has 0 saturated carbocycles. The Hall–Kier alpha value is -2.44. The van der Waals surface area contributed by atoms with Crippen LogP contribution < -0.4 is 5.32 Å². The topological polar surface area (TPSA) is 105 Å². The number of amides is 1. The first-order valence-electron chi connectivity index (χ1n) is 5.78. The van der Waals surface area contributed by atoms with Gasteiger partial charge in [0.1, 0.15) is 22.7 Å². The zero-order valence-electron chi connectivity index (χ0n) is 11.7. The van der Waals surface area contributed by atoms with Gasteiger partial charge in [0.25, 0.3) is 0 Å². The summed E-state index contributed by atoms with van der Waals surface area (Å²) in [5.41, 5.74) is -0.989. The van der Waals surface area contributed by atoms with Crippen molar-refractivity contribution in [3.63, 3.8) is 0 Å². The number of carbonyl (C=O) groups is 2. The van der Waals surface area contributed by atoms with Gasteiger partial charge in [-0.3, -0.25) is 5.32 Å². The molecule has 0 spiro atoms. The van der Waals surface area contributed by atoms with Crippen LogP contribution in [0.15, 0.2) is 12.1 Å². The molecular weight excluding hydrogens is 266 g/mol. The third-order valence-corrected chi connectivity index (χ3v) is 2.15. The van der Waals surface area contributed by atoms with Crippen molar-refractivity contribution in [3.05, 3.63) is 17.7 Å². The number of carbonyl (C=O) groups excluding carboxylic acids is 2. The predicted molar refractivity (Wildman–Crippen MR) is 71.0 cm³/mol. The van der Waals surface area contributed by atoms with Gasteiger partial charge in [0.15, 0.2) is 0 Å². The zero-order valence-corrected chi connectivity index (χ0v) is 11.7. The smallest absolute Gasteiger partial charge is 0.412 e. The molecule has 0 saturated heterocycles. The van der Waals surface area contributed by atoms with Gasteiger partial charge in [-0.25, -0.2) is 9.59 Å². The van der Waals surface area contributed by atoms with E-state index in [1.165, 1.54) is 0 Å². The molecule has 7 heteroatoms. The number of phenolic OH excluding ortho intramolecular Hbond substituents is 2. The zero-order chi connectivity index (χ0) is 15.5. The molecule has 0 aliphatic carbocycles. The van der Waals surface area contributed by atoms with E-state index in [0.717, 1.165) is 19.2 Å². The SMILES string of the molecule is COC(=O)c1cc(O)c(NC(=O)OC(C)(C)C)cc1O. The summed E-state index contributed by atoms with van der Waals surface area (Å²) >= 11 is 0. The van der Waals surface area contributed by atoms with E-state index in [9.17, 15) is 19.8 Å². The third kappa shape index (κ3) is 4.04. The van der Waals surface area contributed by atoms with Crippen molar-refractivity contribution < 1.29 is 29.3 Å². The minimum Gasteiger partial charge on any atom is -0.507 e. The molecule has 0 unspecified atom stereocenters. The maximum absolute atomic E-state index is 11.5. The largest absolute Gasteiger partial charge is 0.507 e. The number of ether oxygens (including phenoxy) is 2. The van der Waals surface area contributed by atoms with Crippen molar-refractivity contribution in [2.45, 2.75) is 26.4 Å². The minimum atomic E-state index is -0.804. The van der Waals surface area contributed by atoms with Crippen LogP contribution in [0.3, 0.4) is 0 Å². The molecule has 0 aliphatic rings. The van der Waals surface area contributed by atoms with Crippen LogP contribution in [0.25, 0.3) is 0 Å². The monoisotopic (exact) mass is 283 g/mol. The number of nitrogens with one attached hydrogen (secondary N) is 1. The van der Waals surface area contributed by atoms with Crippen molar-refractivity contribution in [1.82, 2.24) is 0 Å². The van der Waals surface area contributed by atoms with E-state index in [1.54, 1.807) is 20.8 Å². The van der Waals surface area contributed by atoms with Crippen LogP contribution in [-0.2, 0) is 9.47 Å². The minimum absolute atomic E-state index is 0.0793. The highest BCUT2D eigenvalue weighted by Gasteiger charge is 2.20. The van der Waals surface area contributed by atoms with Gasteiger partial charge in [0, 0.05) is 12.1 Å². The number of phenols is 2. The molecule has 1 aromatic carbocycles. The number of benzene rings is 1. The molecule has 0 radical (unpaired) electrons. The first-order chi connectivity index (χ1) is 9.14. The number of anilines is 1. The van der Waals surface area contributed by atoms with Crippen LogP contribution in [0.4, 0.5) is 10.5 Å². The molecule has 0 atom stereocenters. The lowest BCUT2D eigenvalue weighted by atomic mass is 10.1. The molecule has 1 aromatic rings. The second-order valence-electron chi connectivity index (χ2n) is 5.00. The van der Waals surface area contributed by atoms with Gasteiger partial charge in [0.2, 0.25) is 0 Å². The Morgan fingerprint density at radius 1 is 1.15 bits per heavy atom. The Bertz CT molecular complexity index is 532. The quantitative estimate of drug-likeness (QED) is 0.436. The number of esters is 1. The van der Waals surface area contributed by atoms with E-state index in [-0.39, 0.29) is 11.3 Å². The Kier molecular flexibility index (Phi) is 4.44. The summed E-state index contributed by atoms with van der Waals surface area (Å²) in [5.74, 6) is -1.63. The summed E-state index contributed by atoms with van der Waals surface area (Å²) in [6.07, 6.45) is -0.794. The molecular formula is C13H17NO6. The highest BCUT2D eigenvalue weighted by Crippen LogP contribution is 2.32. The van der Waals surface area contributed by atoms with Crippen LogP contribution >= 0.6 is 0 Å². The van der Waals surface area contributed by atoms with Crippen LogP contribution in [0, 0.1) is 0 Å². The third-order valence-electron chi connectivity index (χ3n) is 2.15. The van der Waals surface area contributed by atoms with Crippen molar-refractivity contribution >= 4 is 17.7 Å². The normalized spacial score (nSPS) is 10.8. The Labute approximate surface area is 116 Å². The number of methoxy groups -OCH3 is 1. The molecule has 0 fully saturated rings. The fourth-order valence-electron chi connectivity index (χ4n) is 1.36. The lowest BCUT2D eigenvalue weighted by Crippen LogP contribution is -2.27. The van der Waals surface area contributed by atoms with Crippen molar-refractivity contribution in [2.75, 3.05) is 12.4 Å². The van der Waals surface area contributed by atoms with E-state index in [1.807, 2.05) is 0 Å². The fraction of sp³-hybridized carbons (Fsp3) is 0.385. The summed E-state index contributed by atoms with van der Waals surface area (Å²) in [4.78, 5) is 22.9. The Morgan fingerprint density at radius 3 is 2.25 bits per heavy atom. The van der Waals surface area contributed by atoms with Gasteiger partial charge in [0.05, 0.1) is 12.8 Å². The molecule has 0 bridgehead atoms. The van der Waals surface area contributed by atoms with Crippen LogP contribution in [-0.4, -0.2) is 35.0 Å². The maximum atomic E-state index is 11.5.